The molecule has 1 fully saturated rings. The van der Waals surface area contributed by atoms with E-state index in [0.29, 0.717) is 25.2 Å². The molecule has 152 valence electrons. The number of nitrogens with zero attached hydrogens (tertiary/aromatic N) is 1. The topological polar surface area (TPSA) is 61.4 Å². The first kappa shape index (κ1) is 19.7. The summed E-state index contributed by atoms with van der Waals surface area (Å²) in [5.41, 5.74) is 3.88. The van der Waals surface area contributed by atoms with Crippen LogP contribution in [0.1, 0.15) is 33.8 Å². The molecule has 1 saturated heterocycles. The number of urea groups is 1. The van der Waals surface area contributed by atoms with Crippen LogP contribution in [0.2, 0.25) is 0 Å². The molecule has 0 radical (unpaired) electrons. The molecule has 5 nitrogen and oxygen atoms in total. The molecule has 3 aromatic rings. The first-order valence-corrected chi connectivity index (χ1v) is 10.3. The van der Waals surface area contributed by atoms with Crippen molar-refractivity contribution in [2.24, 2.45) is 0 Å². The second-order valence-corrected chi connectivity index (χ2v) is 7.35. The highest BCUT2D eigenvalue weighted by Gasteiger charge is 2.21. The Morgan fingerprint density at radius 2 is 1.50 bits per heavy atom. The van der Waals surface area contributed by atoms with Crippen LogP contribution in [0.15, 0.2) is 84.9 Å². The minimum atomic E-state index is -0.104. The van der Waals surface area contributed by atoms with E-state index < -0.39 is 0 Å². The lowest BCUT2D eigenvalue weighted by Crippen LogP contribution is -2.28. The molecule has 0 aliphatic carbocycles. The third-order valence-electron chi connectivity index (χ3n) is 5.42. The fourth-order valence-electron chi connectivity index (χ4n) is 3.84. The molecule has 1 aliphatic rings. The molecule has 0 atom stereocenters. The highest BCUT2D eigenvalue weighted by molar-refractivity contribution is 5.97. The number of amides is 3. The molecule has 0 bridgehead atoms. The number of hydrogen-bond donors (Lipinski definition) is 2. The van der Waals surface area contributed by atoms with E-state index in [2.05, 4.69) is 34.9 Å². The maximum absolute atomic E-state index is 12.6. The molecule has 1 heterocycles. The Labute approximate surface area is 176 Å². The lowest BCUT2D eigenvalue weighted by Gasteiger charge is -2.18. The van der Waals surface area contributed by atoms with Gasteiger partial charge in [-0.1, -0.05) is 60.7 Å². The highest BCUT2D eigenvalue weighted by atomic mass is 16.2. The van der Waals surface area contributed by atoms with Crippen molar-refractivity contribution in [1.29, 1.82) is 0 Å². The zero-order chi connectivity index (χ0) is 20.8. The molecule has 3 amide bonds. The van der Waals surface area contributed by atoms with E-state index in [-0.39, 0.29) is 17.9 Å². The van der Waals surface area contributed by atoms with Gasteiger partial charge in [-0.15, -0.1) is 0 Å². The molecule has 3 aromatic carbocycles. The average Bonchev–Trinajstić information content (AvgIpc) is 3.23. The number of hydrogen-bond acceptors (Lipinski definition) is 2. The van der Waals surface area contributed by atoms with Gasteiger partial charge in [0.05, 0.1) is 0 Å². The van der Waals surface area contributed by atoms with Gasteiger partial charge in [-0.2, -0.15) is 0 Å². The summed E-state index contributed by atoms with van der Waals surface area (Å²) >= 11 is 0. The van der Waals surface area contributed by atoms with Crippen molar-refractivity contribution in [3.05, 3.63) is 102 Å². The zero-order valence-electron chi connectivity index (χ0n) is 16.8. The zero-order valence-corrected chi connectivity index (χ0v) is 16.8. The number of benzene rings is 3. The van der Waals surface area contributed by atoms with Crippen molar-refractivity contribution in [3.8, 4) is 0 Å². The normalized spacial score (nSPS) is 13.4. The van der Waals surface area contributed by atoms with Gasteiger partial charge in [0.25, 0.3) is 5.91 Å². The third kappa shape index (κ3) is 4.51. The maximum atomic E-state index is 12.6. The van der Waals surface area contributed by atoms with E-state index >= 15 is 0 Å². The van der Waals surface area contributed by atoms with E-state index in [0.717, 1.165) is 12.1 Å². The Bertz CT molecular complexity index is 948. The quantitative estimate of drug-likeness (QED) is 0.626. The van der Waals surface area contributed by atoms with Crippen LogP contribution in [-0.4, -0.2) is 31.6 Å². The Morgan fingerprint density at radius 3 is 2.03 bits per heavy atom. The summed E-state index contributed by atoms with van der Waals surface area (Å²) in [6, 6.07) is 27.8. The van der Waals surface area contributed by atoms with Gasteiger partial charge in [0.1, 0.15) is 0 Å². The van der Waals surface area contributed by atoms with Gasteiger partial charge in [0.2, 0.25) is 0 Å². The van der Waals surface area contributed by atoms with Crippen LogP contribution in [0, 0.1) is 0 Å². The highest BCUT2D eigenvalue weighted by Crippen LogP contribution is 2.27. The predicted molar refractivity (Wildman–Crippen MR) is 119 cm³/mol. The Kier molecular flexibility index (Phi) is 6.09. The smallest absolute Gasteiger partial charge is 0.321 e. The monoisotopic (exact) mass is 399 g/mol. The van der Waals surface area contributed by atoms with Gasteiger partial charge >= 0.3 is 6.03 Å². The number of anilines is 1. The maximum Gasteiger partial charge on any atom is 0.321 e. The van der Waals surface area contributed by atoms with Gasteiger partial charge in [-0.25, -0.2) is 4.79 Å². The minimum absolute atomic E-state index is 0.0972. The molecule has 0 aromatic heterocycles. The van der Waals surface area contributed by atoms with Gasteiger partial charge in [-0.05, 0) is 41.8 Å². The first-order chi connectivity index (χ1) is 14.7. The van der Waals surface area contributed by atoms with Gasteiger partial charge in [0.15, 0.2) is 0 Å². The Morgan fingerprint density at radius 1 is 0.900 bits per heavy atom. The van der Waals surface area contributed by atoms with Gasteiger partial charge in [-0.3, -0.25) is 9.69 Å². The van der Waals surface area contributed by atoms with Crippen LogP contribution >= 0.6 is 0 Å². The van der Waals surface area contributed by atoms with Crippen LogP contribution in [-0.2, 0) is 0 Å². The van der Waals surface area contributed by atoms with Crippen LogP contribution < -0.4 is 15.5 Å². The van der Waals surface area contributed by atoms with E-state index in [1.54, 1.807) is 17.0 Å². The lowest BCUT2D eigenvalue weighted by atomic mass is 9.88. The molecule has 4 rings (SSSR count). The minimum Gasteiger partial charge on any atom is -0.352 e. The lowest BCUT2D eigenvalue weighted by molar-refractivity contribution is 0.0953. The van der Waals surface area contributed by atoms with Crippen molar-refractivity contribution in [2.75, 3.05) is 24.5 Å². The summed E-state index contributed by atoms with van der Waals surface area (Å²) in [6.07, 6.45) is 0.811. The summed E-state index contributed by atoms with van der Waals surface area (Å²) in [7, 11) is 0. The third-order valence-corrected chi connectivity index (χ3v) is 5.42. The number of carbonyl (C=O) groups is 2. The predicted octanol–water partition coefficient (Wildman–Crippen LogP) is 4.17. The number of nitrogens with one attached hydrogen (secondary N) is 2. The van der Waals surface area contributed by atoms with Crippen molar-refractivity contribution in [3.63, 3.8) is 0 Å². The van der Waals surface area contributed by atoms with Crippen LogP contribution in [0.25, 0.3) is 0 Å². The molecular formula is C25H25N3O2. The average molecular weight is 399 g/mol. The van der Waals surface area contributed by atoms with Crippen molar-refractivity contribution in [1.82, 2.24) is 10.6 Å². The second-order valence-electron chi connectivity index (χ2n) is 7.35. The summed E-state index contributed by atoms with van der Waals surface area (Å²) in [4.78, 5) is 26.0. The molecule has 30 heavy (non-hydrogen) atoms. The SMILES string of the molecule is O=C(NCCC(c1ccccc1)c1ccccc1)c1ccc(N2CCNC2=O)cc1. The van der Waals surface area contributed by atoms with Crippen molar-refractivity contribution in [2.45, 2.75) is 12.3 Å². The van der Waals surface area contributed by atoms with Gasteiger partial charge < -0.3 is 10.6 Å². The standard InChI is InChI=1S/C25H25N3O2/c29-24(21-11-13-22(14-12-21)28-18-17-27-25(28)30)26-16-15-23(19-7-3-1-4-8-19)20-9-5-2-6-10-20/h1-14,23H,15-18H2,(H,26,29)(H,27,30). The van der Waals surface area contributed by atoms with Crippen LogP contribution in [0.4, 0.5) is 10.5 Å². The Hall–Kier alpha value is -3.60. The van der Waals surface area contributed by atoms with E-state index in [4.69, 9.17) is 0 Å². The fraction of sp³-hybridized carbons (Fsp3) is 0.200. The largest absolute Gasteiger partial charge is 0.352 e. The van der Waals surface area contributed by atoms with Crippen molar-refractivity contribution >= 4 is 17.6 Å². The van der Waals surface area contributed by atoms with E-state index in [1.165, 1.54) is 11.1 Å². The Balaban J connectivity index is 1.38. The molecule has 5 heteroatoms. The molecule has 1 aliphatic heterocycles. The summed E-state index contributed by atoms with van der Waals surface area (Å²) < 4.78 is 0. The van der Waals surface area contributed by atoms with E-state index in [9.17, 15) is 9.59 Å². The van der Waals surface area contributed by atoms with Gasteiger partial charge in [0, 0.05) is 36.8 Å². The first-order valence-electron chi connectivity index (χ1n) is 10.3. The molecule has 0 saturated carbocycles. The summed E-state index contributed by atoms with van der Waals surface area (Å²) in [6.45, 7) is 1.86. The molecule has 0 spiro atoms. The number of carbonyl (C=O) groups excluding carboxylic acids is 2. The summed E-state index contributed by atoms with van der Waals surface area (Å²) in [5.74, 6) is 0.121. The second kappa shape index (κ2) is 9.27. The van der Waals surface area contributed by atoms with E-state index in [1.807, 2.05) is 48.5 Å². The van der Waals surface area contributed by atoms with Crippen molar-refractivity contribution < 1.29 is 9.59 Å². The molecule has 2 N–H and O–H groups in total. The molecular weight excluding hydrogens is 374 g/mol. The number of rotatable bonds is 7. The molecule has 0 unspecified atom stereocenters. The van der Waals surface area contributed by atoms with Crippen LogP contribution in [0.5, 0.6) is 0 Å². The summed E-state index contributed by atoms with van der Waals surface area (Å²) in [5, 5.41) is 5.81. The van der Waals surface area contributed by atoms with Crippen LogP contribution in [0.3, 0.4) is 0 Å². The fourth-order valence-corrected chi connectivity index (χ4v) is 3.84.